The predicted molar refractivity (Wildman–Crippen MR) is 59.9 cm³/mol. The number of benzene rings is 2. The van der Waals surface area contributed by atoms with Gasteiger partial charge >= 0.3 is 0 Å². The van der Waals surface area contributed by atoms with Gasteiger partial charge in [-0.25, -0.2) is 5.10 Å². The molecule has 0 saturated heterocycles. The van der Waals surface area contributed by atoms with Gasteiger partial charge in [0.15, 0.2) is 0 Å². The molecule has 0 spiro atoms. The van der Waals surface area contributed by atoms with Crippen LogP contribution in [0.3, 0.4) is 0 Å². The fourth-order valence-electron chi connectivity index (χ4n) is 1.85. The molecule has 0 unspecified atom stereocenters. The van der Waals surface area contributed by atoms with E-state index in [9.17, 15) is 4.79 Å². The van der Waals surface area contributed by atoms with Gasteiger partial charge in [-0.1, -0.05) is 30.3 Å². The van der Waals surface area contributed by atoms with Crippen LogP contribution in [0.1, 0.15) is 0 Å². The molecule has 0 saturated carbocycles. The molecule has 3 nitrogen and oxygen atoms in total. The van der Waals surface area contributed by atoms with Crippen LogP contribution in [0.2, 0.25) is 0 Å². The van der Waals surface area contributed by atoms with Gasteiger partial charge in [-0.05, 0) is 16.8 Å². The highest BCUT2D eigenvalue weighted by Crippen LogP contribution is 2.21. The lowest BCUT2D eigenvalue weighted by Gasteiger charge is -2.01. The van der Waals surface area contributed by atoms with E-state index in [0.717, 1.165) is 16.2 Å². The van der Waals surface area contributed by atoms with Crippen molar-refractivity contribution in [2.75, 3.05) is 0 Å². The summed E-state index contributed by atoms with van der Waals surface area (Å²) >= 11 is 0. The van der Waals surface area contributed by atoms with Crippen molar-refractivity contribution < 1.29 is 0 Å². The van der Waals surface area contributed by atoms with Crippen molar-refractivity contribution in [1.82, 2.24) is 10.2 Å². The summed E-state index contributed by atoms with van der Waals surface area (Å²) in [7, 11) is 0. The molecule has 1 N–H and O–H groups in total. The predicted octanol–water partition coefficient (Wildman–Crippen LogP) is 2.08. The molecule has 3 heteroatoms. The zero-order valence-electron chi connectivity index (χ0n) is 7.90. The molecule has 72 valence electrons. The number of H-pyrrole nitrogens is 1. The number of rotatable bonds is 0. The Hall–Kier alpha value is -2.16. The van der Waals surface area contributed by atoms with E-state index in [1.807, 2.05) is 36.4 Å². The first-order valence-electron chi connectivity index (χ1n) is 4.71. The molecule has 0 aliphatic heterocycles. The molecular formula is C12H8N2O. The third-order valence-corrected chi connectivity index (χ3v) is 2.58. The van der Waals surface area contributed by atoms with Gasteiger partial charge in [0, 0.05) is 5.39 Å². The second-order valence-corrected chi connectivity index (χ2v) is 3.45. The standard InChI is InChI=1S/C12H8N2O/c15-12-10-6-5-8-3-1-2-4-9(8)11(10)7-13-14-12/h1-7H,(H,14,15). The molecule has 0 aliphatic carbocycles. The van der Waals surface area contributed by atoms with E-state index >= 15 is 0 Å². The average molecular weight is 196 g/mol. The maximum atomic E-state index is 11.5. The monoisotopic (exact) mass is 196 g/mol. The van der Waals surface area contributed by atoms with Crippen LogP contribution in [0.15, 0.2) is 47.4 Å². The average Bonchev–Trinajstić information content (AvgIpc) is 2.29. The van der Waals surface area contributed by atoms with Gasteiger partial charge in [-0.2, -0.15) is 5.10 Å². The largest absolute Gasteiger partial charge is 0.272 e. The first-order chi connectivity index (χ1) is 7.36. The zero-order valence-corrected chi connectivity index (χ0v) is 7.90. The summed E-state index contributed by atoms with van der Waals surface area (Å²) in [5.74, 6) is 0. The Kier molecular flexibility index (Phi) is 1.59. The summed E-state index contributed by atoms with van der Waals surface area (Å²) in [6, 6.07) is 11.7. The van der Waals surface area contributed by atoms with Crippen molar-refractivity contribution in [3.63, 3.8) is 0 Å². The molecule has 0 atom stereocenters. The van der Waals surface area contributed by atoms with E-state index in [4.69, 9.17) is 0 Å². The minimum Gasteiger partial charge on any atom is -0.267 e. The van der Waals surface area contributed by atoms with Crippen LogP contribution >= 0.6 is 0 Å². The Morgan fingerprint density at radius 3 is 2.73 bits per heavy atom. The number of nitrogens with one attached hydrogen (secondary N) is 1. The molecule has 15 heavy (non-hydrogen) atoms. The molecule has 0 fully saturated rings. The number of nitrogens with zero attached hydrogens (tertiary/aromatic N) is 1. The van der Waals surface area contributed by atoms with Crippen LogP contribution in [0.4, 0.5) is 0 Å². The minimum atomic E-state index is -0.141. The van der Waals surface area contributed by atoms with Crippen molar-refractivity contribution in [3.8, 4) is 0 Å². The topological polar surface area (TPSA) is 45.8 Å². The van der Waals surface area contributed by atoms with Gasteiger partial charge in [0.1, 0.15) is 0 Å². The third kappa shape index (κ3) is 1.13. The van der Waals surface area contributed by atoms with E-state index in [2.05, 4.69) is 10.2 Å². The lowest BCUT2D eigenvalue weighted by Crippen LogP contribution is -2.07. The maximum Gasteiger partial charge on any atom is 0.272 e. The normalized spacial score (nSPS) is 10.9. The van der Waals surface area contributed by atoms with Gasteiger partial charge in [-0.3, -0.25) is 4.79 Å². The summed E-state index contributed by atoms with van der Waals surface area (Å²) < 4.78 is 0. The Labute approximate surface area is 85.4 Å². The first-order valence-corrected chi connectivity index (χ1v) is 4.71. The number of hydrogen-bond acceptors (Lipinski definition) is 2. The van der Waals surface area contributed by atoms with Gasteiger partial charge in [-0.15, -0.1) is 0 Å². The molecule has 1 heterocycles. The second kappa shape index (κ2) is 2.92. The zero-order chi connectivity index (χ0) is 10.3. The van der Waals surface area contributed by atoms with Crippen molar-refractivity contribution in [1.29, 1.82) is 0 Å². The highest BCUT2D eigenvalue weighted by atomic mass is 16.1. The van der Waals surface area contributed by atoms with E-state index in [-0.39, 0.29) is 5.56 Å². The molecule has 0 amide bonds. The number of aromatic amines is 1. The quantitative estimate of drug-likeness (QED) is 0.559. The van der Waals surface area contributed by atoms with Crippen LogP contribution in [0.5, 0.6) is 0 Å². The van der Waals surface area contributed by atoms with Crippen LogP contribution in [-0.4, -0.2) is 10.2 Å². The fourth-order valence-corrected chi connectivity index (χ4v) is 1.85. The summed E-state index contributed by atoms with van der Waals surface area (Å²) in [4.78, 5) is 11.5. The summed E-state index contributed by atoms with van der Waals surface area (Å²) in [5.41, 5.74) is -0.141. The van der Waals surface area contributed by atoms with Crippen LogP contribution in [0.25, 0.3) is 21.5 Å². The minimum absolute atomic E-state index is 0.141. The van der Waals surface area contributed by atoms with Gasteiger partial charge < -0.3 is 0 Å². The van der Waals surface area contributed by atoms with Crippen LogP contribution in [-0.2, 0) is 0 Å². The lowest BCUT2D eigenvalue weighted by atomic mass is 10.1. The van der Waals surface area contributed by atoms with Gasteiger partial charge in [0.2, 0.25) is 0 Å². The molecular weight excluding hydrogens is 188 g/mol. The molecule has 0 radical (unpaired) electrons. The highest BCUT2D eigenvalue weighted by molar-refractivity contribution is 6.06. The van der Waals surface area contributed by atoms with Gasteiger partial charge in [0.05, 0.1) is 11.6 Å². The molecule has 2 aromatic carbocycles. The number of aromatic nitrogens is 2. The Balaban J connectivity index is 2.67. The highest BCUT2D eigenvalue weighted by Gasteiger charge is 2.02. The van der Waals surface area contributed by atoms with Crippen LogP contribution in [0, 0.1) is 0 Å². The fraction of sp³-hybridized carbons (Fsp3) is 0. The first kappa shape index (κ1) is 8.17. The smallest absolute Gasteiger partial charge is 0.267 e. The Bertz CT molecular complexity index is 700. The molecule has 3 rings (SSSR count). The van der Waals surface area contributed by atoms with Crippen molar-refractivity contribution >= 4 is 21.5 Å². The summed E-state index contributed by atoms with van der Waals surface area (Å²) in [6.07, 6.45) is 1.69. The van der Waals surface area contributed by atoms with E-state index in [1.165, 1.54) is 0 Å². The Morgan fingerprint density at radius 2 is 1.80 bits per heavy atom. The lowest BCUT2D eigenvalue weighted by molar-refractivity contribution is 1.01. The number of fused-ring (bicyclic) bond motifs is 3. The summed E-state index contributed by atoms with van der Waals surface area (Å²) in [5, 5.41) is 10.0. The Morgan fingerprint density at radius 1 is 0.933 bits per heavy atom. The SMILES string of the molecule is O=c1[nH]ncc2c1ccc1ccccc12. The van der Waals surface area contributed by atoms with Crippen molar-refractivity contribution in [2.45, 2.75) is 0 Å². The van der Waals surface area contributed by atoms with Crippen molar-refractivity contribution in [2.24, 2.45) is 0 Å². The van der Waals surface area contributed by atoms with E-state index in [0.29, 0.717) is 5.39 Å². The van der Waals surface area contributed by atoms with E-state index < -0.39 is 0 Å². The van der Waals surface area contributed by atoms with Crippen molar-refractivity contribution in [3.05, 3.63) is 52.9 Å². The van der Waals surface area contributed by atoms with E-state index in [1.54, 1.807) is 6.20 Å². The third-order valence-electron chi connectivity index (χ3n) is 2.58. The van der Waals surface area contributed by atoms with Gasteiger partial charge in [0.25, 0.3) is 5.56 Å². The molecule has 3 aromatic rings. The van der Waals surface area contributed by atoms with Crippen LogP contribution < -0.4 is 5.56 Å². The molecule has 0 aliphatic rings. The molecule has 0 bridgehead atoms. The maximum absolute atomic E-state index is 11.5. The summed E-state index contributed by atoms with van der Waals surface area (Å²) in [6.45, 7) is 0. The second-order valence-electron chi connectivity index (χ2n) is 3.45. The number of hydrogen-bond donors (Lipinski definition) is 1. The molecule has 1 aromatic heterocycles.